The van der Waals surface area contributed by atoms with E-state index in [4.69, 9.17) is 15.4 Å². The normalized spacial score (nSPS) is 12.7. The molecule has 1 rings (SSSR count). The van der Waals surface area contributed by atoms with Crippen LogP contribution in [-0.2, 0) is 26.7 Å². The van der Waals surface area contributed by atoms with Gasteiger partial charge in [-0.25, -0.2) is 27.1 Å². The Kier molecular flexibility index (Phi) is 3.60. The van der Waals surface area contributed by atoms with E-state index in [0.29, 0.717) is 0 Å². The summed E-state index contributed by atoms with van der Waals surface area (Å²) in [6.07, 6.45) is 0. The Morgan fingerprint density at radius 3 is 2.00 bits per heavy atom. The lowest BCUT2D eigenvalue weighted by Crippen LogP contribution is -2.18. The van der Waals surface area contributed by atoms with Gasteiger partial charge < -0.3 is 5.11 Å². The molecule has 0 heterocycles. The highest BCUT2D eigenvalue weighted by molar-refractivity contribution is 7.90. The van der Waals surface area contributed by atoms with E-state index in [2.05, 4.69) is 0 Å². The number of primary sulfonamides is 2. The third-order valence-corrected chi connectivity index (χ3v) is 4.07. The Bertz CT molecular complexity index is 649. The second-order valence-electron chi connectivity index (χ2n) is 3.46. The van der Waals surface area contributed by atoms with Gasteiger partial charge in [-0.3, -0.25) is 0 Å². The van der Waals surface area contributed by atoms with Gasteiger partial charge in [0.1, 0.15) is 0 Å². The molecule has 0 spiro atoms. The number of benzene rings is 1. The Morgan fingerprint density at radius 1 is 1.12 bits per heavy atom. The topological polar surface area (TPSA) is 141 Å². The molecule has 0 saturated carbocycles. The van der Waals surface area contributed by atoms with Crippen molar-refractivity contribution in [1.29, 1.82) is 0 Å². The molecule has 0 saturated heterocycles. The molecular formula is C8H12N2O5S2. The number of nitrogens with two attached hydrogens (primary N) is 2. The first-order valence-electron chi connectivity index (χ1n) is 4.37. The van der Waals surface area contributed by atoms with Crippen LogP contribution in [0.1, 0.15) is 11.1 Å². The average molecular weight is 280 g/mol. The van der Waals surface area contributed by atoms with Crippen LogP contribution >= 0.6 is 0 Å². The number of aliphatic hydroxyl groups is 1. The van der Waals surface area contributed by atoms with E-state index in [1.54, 1.807) is 0 Å². The average Bonchev–Trinajstić information content (AvgIpc) is 2.13. The molecule has 0 aliphatic rings. The lowest BCUT2D eigenvalue weighted by atomic mass is 10.1. The van der Waals surface area contributed by atoms with Crippen molar-refractivity contribution in [3.63, 3.8) is 0 Å². The fourth-order valence-corrected chi connectivity index (χ4v) is 2.93. The molecule has 0 aromatic heterocycles. The van der Waals surface area contributed by atoms with E-state index >= 15 is 0 Å². The maximum Gasteiger partial charge on any atom is 0.238 e. The van der Waals surface area contributed by atoms with Crippen LogP contribution in [0, 0.1) is 6.92 Å². The molecule has 0 radical (unpaired) electrons. The van der Waals surface area contributed by atoms with Crippen LogP contribution in [0.25, 0.3) is 0 Å². The third kappa shape index (κ3) is 3.01. The second kappa shape index (κ2) is 4.35. The maximum atomic E-state index is 11.3. The van der Waals surface area contributed by atoms with Crippen LogP contribution in [0.5, 0.6) is 0 Å². The monoisotopic (exact) mass is 280 g/mol. The van der Waals surface area contributed by atoms with Gasteiger partial charge in [0.05, 0.1) is 16.4 Å². The zero-order valence-corrected chi connectivity index (χ0v) is 10.5. The van der Waals surface area contributed by atoms with Gasteiger partial charge in [0, 0.05) is 5.56 Å². The molecule has 0 bridgehead atoms. The van der Waals surface area contributed by atoms with Gasteiger partial charge >= 0.3 is 0 Å². The van der Waals surface area contributed by atoms with Crippen molar-refractivity contribution in [2.24, 2.45) is 10.3 Å². The lowest BCUT2D eigenvalue weighted by molar-refractivity contribution is 0.277. The molecular weight excluding hydrogens is 268 g/mol. The third-order valence-electron chi connectivity index (χ3n) is 2.20. The molecule has 0 aliphatic carbocycles. The van der Waals surface area contributed by atoms with Gasteiger partial charge in [-0.1, -0.05) is 0 Å². The molecule has 0 aliphatic heterocycles. The Hall–Kier alpha value is -1.00. The van der Waals surface area contributed by atoms with E-state index in [0.717, 1.165) is 6.07 Å². The van der Waals surface area contributed by atoms with Gasteiger partial charge in [0.2, 0.25) is 20.0 Å². The summed E-state index contributed by atoms with van der Waals surface area (Å²) in [7, 11) is -8.17. The molecule has 1 aromatic rings. The minimum Gasteiger partial charge on any atom is -0.392 e. The van der Waals surface area contributed by atoms with E-state index in [1.807, 2.05) is 0 Å². The molecule has 5 N–H and O–H groups in total. The number of hydrogen-bond acceptors (Lipinski definition) is 5. The summed E-state index contributed by atoms with van der Waals surface area (Å²) in [5, 5.41) is 18.9. The molecule has 96 valence electrons. The Morgan fingerprint density at radius 2 is 1.65 bits per heavy atom. The standard InChI is InChI=1S/C8H12N2O5S2/c1-5-2-6(16(9,12)13)3-8(7(5)4-11)17(10,14)15/h2-3,11H,4H2,1H3,(H2,9,12,13)(H2,10,14,15). The summed E-state index contributed by atoms with van der Waals surface area (Å²) >= 11 is 0. The zero-order valence-electron chi connectivity index (χ0n) is 8.91. The van der Waals surface area contributed by atoms with Gasteiger partial charge in [-0.05, 0) is 24.6 Å². The van der Waals surface area contributed by atoms with E-state index in [-0.39, 0.29) is 16.0 Å². The number of rotatable bonds is 3. The van der Waals surface area contributed by atoms with Gasteiger partial charge in [-0.15, -0.1) is 0 Å². The first kappa shape index (κ1) is 14.1. The van der Waals surface area contributed by atoms with Crippen LogP contribution in [0.2, 0.25) is 0 Å². The van der Waals surface area contributed by atoms with Crippen molar-refractivity contribution < 1.29 is 21.9 Å². The molecule has 17 heavy (non-hydrogen) atoms. The second-order valence-corrected chi connectivity index (χ2v) is 6.56. The fraction of sp³-hybridized carbons (Fsp3) is 0.250. The summed E-state index contributed by atoms with van der Waals surface area (Å²) in [4.78, 5) is -0.805. The number of sulfonamides is 2. The van der Waals surface area contributed by atoms with Crippen molar-refractivity contribution in [2.45, 2.75) is 23.3 Å². The van der Waals surface area contributed by atoms with Crippen LogP contribution in [0.3, 0.4) is 0 Å². The largest absolute Gasteiger partial charge is 0.392 e. The first-order chi connectivity index (χ1) is 7.57. The van der Waals surface area contributed by atoms with E-state index in [9.17, 15) is 16.8 Å². The van der Waals surface area contributed by atoms with Crippen molar-refractivity contribution >= 4 is 20.0 Å². The number of aliphatic hydroxyl groups excluding tert-OH is 1. The minimum atomic E-state index is -4.13. The molecule has 0 fully saturated rings. The summed E-state index contributed by atoms with van der Waals surface area (Å²) in [5.74, 6) is 0. The van der Waals surface area contributed by atoms with Crippen molar-refractivity contribution in [3.8, 4) is 0 Å². The minimum absolute atomic E-state index is 0.0555. The molecule has 7 nitrogen and oxygen atoms in total. The summed E-state index contributed by atoms with van der Waals surface area (Å²) in [5.41, 5.74) is 0.336. The molecule has 0 atom stereocenters. The van der Waals surface area contributed by atoms with Crippen molar-refractivity contribution in [3.05, 3.63) is 23.3 Å². The Labute approximate surface area is 99.2 Å². The molecule has 9 heteroatoms. The summed E-state index contributed by atoms with van der Waals surface area (Å²) in [6.45, 7) is 0.886. The maximum absolute atomic E-state index is 11.3. The SMILES string of the molecule is Cc1cc(S(N)(=O)=O)cc(S(N)(=O)=O)c1CO. The summed E-state index contributed by atoms with van der Waals surface area (Å²) < 4.78 is 44.8. The zero-order chi connectivity index (χ0) is 13.4. The van der Waals surface area contributed by atoms with Gasteiger partial charge in [-0.2, -0.15) is 0 Å². The van der Waals surface area contributed by atoms with Crippen LogP contribution in [0.15, 0.2) is 21.9 Å². The lowest BCUT2D eigenvalue weighted by Gasteiger charge is -2.10. The Balaban J connectivity index is 3.75. The van der Waals surface area contributed by atoms with Gasteiger partial charge in [0.25, 0.3) is 0 Å². The van der Waals surface area contributed by atoms with Crippen LogP contribution < -0.4 is 10.3 Å². The van der Waals surface area contributed by atoms with Crippen LogP contribution in [-0.4, -0.2) is 21.9 Å². The smallest absolute Gasteiger partial charge is 0.238 e. The fourth-order valence-electron chi connectivity index (χ4n) is 1.37. The van der Waals surface area contributed by atoms with Gasteiger partial charge in [0.15, 0.2) is 0 Å². The number of aryl methyl sites for hydroxylation is 1. The molecule has 0 unspecified atom stereocenters. The quantitative estimate of drug-likeness (QED) is 0.636. The highest BCUT2D eigenvalue weighted by atomic mass is 32.2. The predicted octanol–water partition coefficient (Wildman–Crippen LogP) is -1.22. The predicted molar refractivity (Wildman–Crippen MR) is 59.8 cm³/mol. The van der Waals surface area contributed by atoms with Crippen LogP contribution in [0.4, 0.5) is 0 Å². The van der Waals surface area contributed by atoms with E-state index < -0.39 is 31.5 Å². The van der Waals surface area contributed by atoms with E-state index in [1.165, 1.54) is 13.0 Å². The highest BCUT2D eigenvalue weighted by Crippen LogP contribution is 2.23. The highest BCUT2D eigenvalue weighted by Gasteiger charge is 2.20. The summed E-state index contributed by atoms with van der Waals surface area (Å²) in [6, 6.07) is 2.01. The first-order valence-corrected chi connectivity index (χ1v) is 7.46. The molecule has 0 amide bonds. The molecule has 1 aromatic carbocycles. The van der Waals surface area contributed by atoms with Crippen molar-refractivity contribution in [1.82, 2.24) is 0 Å². The number of hydrogen-bond donors (Lipinski definition) is 3. The van der Waals surface area contributed by atoms with Crippen molar-refractivity contribution in [2.75, 3.05) is 0 Å².